The molecule has 0 unspecified atom stereocenters. The Morgan fingerprint density at radius 1 is 1.17 bits per heavy atom. The fourth-order valence-corrected chi connectivity index (χ4v) is 5.66. The summed E-state index contributed by atoms with van der Waals surface area (Å²) in [5, 5.41) is 5.26. The molecule has 2 aromatic rings. The Balaban J connectivity index is 1.14. The molecule has 3 aliphatic rings. The van der Waals surface area contributed by atoms with Gasteiger partial charge in [-0.2, -0.15) is 0 Å². The molecule has 5 rings (SSSR count). The number of likely N-dealkylation sites (tertiary alicyclic amines) is 1. The topological polar surface area (TPSA) is 84.0 Å². The van der Waals surface area contributed by atoms with Gasteiger partial charge in [0.2, 0.25) is 0 Å². The number of ether oxygens (including phenoxy) is 2. The number of carbonyl (C=O) groups excluding carboxylic acids is 2. The predicted octanol–water partition coefficient (Wildman–Crippen LogP) is 4.46. The van der Waals surface area contributed by atoms with Crippen LogP contribution in [0.1, 0.15) is 52.1 Å². The summed E-state index contributed by atoms with van der Waals surface area (Å²) in [5.74, 6) is 0.121. The van der Waals surface area contributed by atoms with Crippen molar-refractivity contribution in [3.63, 3.8) is 0 Å². The highest BCUT2D eigenvalue weighted by atomic mass is 32.1. The van der Waals surface area contributed by atoms with Crippen molar-refractivity contribution in [3.8, 4) is 0 Å². The molecule has 2 spiro atoms. The molecule has 0 bridgehead atoms. The first kappa shape index (κ1) is 24.2. The molecule has 2 amide bonds. The molecule has 0 radical (unpaired) electrons. The van der Waals surface area contributed by atoms with E-state index in [0.29, 0.717) is 11.7 Å². The molecule has 1 aliphatic carbocycles. The Hall–Kier alpha value is -2.49. The van der Waals surface area contributed by atoms with Crippen molar-refractivity contribution in [1.29, 1.82) is 0 Å². The van der Waals surface area contributed by atoms with Crippen LogP contribution < -0.4 is 10.2 Å². The van der Waals surface area contributed by atoms with Crippen LogP contribution in [0.3, 0.4) is 0 Å². The predicted molar refractivity (Wildman–Crippen MR) is 136 cm³/mol. The van der Waals surface area contributed by atoms with Crippen LogP contribution in [0.4, 0.5) is 15.6 Å². The number of hydrogen-bond acceptors (Lipinski definition) is 7. The average molecular weight is 499 g/mol. The molecule has 35 heavy (non-hydrogen) atoms. The number of rotatable bonds is 5. The van der Waals surface area contributed by atoms with Gasteiger partial charge in [0, 0.05) is 37.1 Å². The lowest BCUT2D eigenvalue weighted by molar-refractivity contribution is -0.172. The monoisotopic (exact) mass is 498 g/mol. The maximum Gasteiger partial charge on any atom is 0.413 e. The summed E-state index contributed by atoms with van der Waals surface area (Å²) in [6.07, 6.45) is 3.80. The van der Waals surface area contributed by atoms with E-state index in [-0.39, 0.29) is 11.5 Å². The van der Waals surface area contributed by atoms with E-state index in [4.69, 9.17) is 9.47 Å². The number of anilines is 2. The fraction of sp³-hybridized carbons (Fsp3) is 0.577. The van der Waals surface area contributed by atoms with E-state index in [0.717, 1.165) is 63.1 Å². The van der Waals surface area contributed by atoms with Gasteiger partial charge in [-0.1, -0.05) is 18.2 Å². The third-order valence-electron chi connectivity index (χ3n) is 6.88. The number of nitrogens with one attached hydrogen (secondary N) is 1. The highest BCUT2D eigenvalue weighted by Crippen LogP contribution is 2.50. The minimum Gasteiger partial charge on any atom is -0.444 e. The van der Waals surface area contributed by atoms with Gasteiger partial charge in [0.05, 0.1) is 17.8 Å². The first-order chi connectivity index (χ1) is 16.7. The molecule has 9 heteroatoms. The molecule has 188 valence electrons. The standard InChI is InChI=1S/C26H34N4O4S/c1-24(2,3)33-23(32)28-22-27-19(17-35-22)9-14-29-15-12-25(13-16-29)18-30(20-7-5-4-6-8-20)21(31)26(34-25)10-11-26/h4-8,17H,9-16,18H2,1-3H3,(H,27,28,32). The molecule has 2 saturated heterocycles. The number of morpholine rings is 1. The van der Waals surface area contributed by atoms with Crippen LogP contribution in [-0.4, -0.2) is 64.9 Å². The highest BCUT2D eigenvalue weighted by molar-refractivity contribution is 7.13. The van der Waals surface area contributed by atoms with E-state index in [9.17, 15) is 9.59 Å². The van der Waals surface area contributed by atoms with Crippen molar-refractivity contribution >= 4 is 34.2 Å². The molecule has 1 aromatic heterocycles. The van der Waals surface area contributed by atoms with Crippen molar-refractivity contribution in [2.45, 2.75) is 69.7 Å². The SMILES string of the molecule is CC(C)(C)OC(=O)Nc1nc(CCN2CCC3(CC2)CN(c2ccccc2)C(=O)C2(CC2)O3)cs1. The molecule has 2 aliphatic heterocycles. The quantitative estimate of drug-likeness (QED) is 0.655. The third kappa shape index (κ3) is 5.52. The summed E-state index contributed by atoms with van der Waals surface area (Å²) < 4.78 is 11.9. The first-order valence-electron chi connectivity index (χ1n) is 12.4. The van der Waals surface area contributed by atoms with Crippen molar-refractivity contribution in [1.82, 2.24) is 9.88 Å². The summed E-state index contributed by atoms with van der Waals surface area (Å²) in [7, 11) is 0. The lowest BCUT2D eigenvalue weighted by Crippen LogP contribution is -2.63. The number of piperidine rings is 1. The van der Waals surface area contributed by atoms with E-state index < -0.39 is 17.3 Å². The van der Waals surface area contributed by atoms with Crippen molar-refractivity contribution in [3.05, 3.63) is 41.4 Å². The second-order valence-corrected chi connectivity index (χ2v) is 11.7. The zero-order chi connectivity index (χ0) is 24.7. The number of thiazole rings is 1. The zero-order valence-corrected chi connectivity index (χ0v) is 21.5. The minimum absolute atomic E-state index is 0.121. The van der Waals surface area contributed by atoms with E-state index in [1.54, 1.807) is 0 Å². The van der Waals surface area contributed by atoms with Crippen LogP contribution in [0.25, 0.3) is 0 Å². The van der Waals surface area contributed by atoms with Gasteiger partial charge in [-0.15, -0.1) is 11.3 Å². The van der Waals surface area contributed by atoms with Crippen molar-refractivity contribution in [2.75, 3.05) is 36.4 Å². The van der Waals surface area contributed by atoms with E-state index in [1.807, 2.05) is 61.4 Å². The van der Waals surface area contributed by atoms with Crippen molar-refractivity contribution < 1.29 is 19.1 Å². The molecule has 1 N–H and O–H groups in total. The molecule has 3 heterocycles. The van der Waals surface area contributed by atoms with Crippen molar-refractivity contribution in [2.24, 2.45) is 0 Å². The Kier molecular flexibility index (Phi) is 6.35. The van der Waals surface area contributed by atoms with E-state index in [2.05, 4.69) is 15.2 Å². The molecule has 3 fully saturated rings. The molecule has 0 atom stereocenters. The smallest absolute Gasteiger partial charge is 0.413 e. The summed E-state index contributed by atoms with van der Waals surface area (Å²) in [4.78, 5) is 34.0. The molecular formula is C26H34N4O4S. The van der Waals surface area contributed by atoms with Gasteiger partial charge in [0.1, 0.15) is 11.2 Å². The Labute approximate surface area is 210 Å². The maximum atomic E-state index is 13.1. The highest BCUT2D eigenvalue weighted by Gasteiger charge is 2.62. The van der Waals surface area contributed by atoms with Crippen LogP contribution in [0.15, 0.2) is 35.7 Å². The number of nitrogens with zero attached hydrogens (tertiary/aromatic N) is 3. The Morgan fingerprint density at radius 3 is 2.54 bits per heavy atom. The number of hydrogen-bond donors (Lipinski definition) is 1. The number of amides is 2. The van der Waals surface area contributed by atoms with Crippen LogP contribution in [0.5, 0.6) is 0 Å². The molecule has 1 saturated carbocycles. The lowest BCUT2D eigenvalue weighted by atomic mass is 9.87. The second kappa shape index (κ2) is 9.19. The van der Waals surface area contributed by atoms with Crippen LogP contribution in [0.2, 0.25) is 0 Å². The van der Waals surface area contributed by atoms with E-state index >= 15 is 0 Å². The summed E-state index contributed by atoms with van der Waals surface area (Å²) in [5.41, 5.74) is 0.514. The van der Waals surface area contributed by atoms with Crippen LogP contribution in [-0.2, 0) is 20.7 Å². The summed E-state index contributed by atoms with van der Waals surface area (Å²) in [6.45, 7) is 8.89. The number of para-hydroxylation sites is 1. The third-order valence-corrected chi connectivity index (χ3v) is 7.68. The van der Waals surface area contributed by atoms with Crippen LogP contribution >= 0.6 is 11.3 Å². The van der Waals surface area contributed by atoms with Gasteiger partial charge < -0.3 is 19.3 Å². The molecular weight excluding hydrogens is 464 g/mol. The van der Waals surface area contributed by atoms with Gasteiger partial charge in [-0.05, 0) is 58.6 Å². The fourth-order valence-electron chi connectivity index (χ4n) is 4.93. The molecule has 1 aromatic carbocycles. The van der Waals surface area contributed by atoms with E-state index in [1.165, 1.54) is 11.3 Å². The number of benzene rings is 1. The molecule has 8 nitrogen and oxygen atoms in total. The number of aromatic nitrogens is 1. The zero-order valence-electron chi connectivity index (χ0n) is 20.7. The van der Waals surface area contributed by atoms with Crippen LogP contribution in [0, 0.1) is 0 Å². The lowest BCUT2D eigenvalue weighted by Gasteiger charge is -2.50. The van der Waals surface area contributed by atoms with Gasteiger partial charge in [0.15, 0.2) is 5.13 Å². The second-order valence-electron chi connectivity index (χ2n) is 10.9. The van der Waals surface area contributed by atoms with Gasteiger partial charge >= 0.3 is 6.09 Å². The minimum atomic E-state index is -0.603. The number of carbonyl (C=O) groups is 2. The van der Waals surface area contributed by atoms with Gasteiger partial charge in [0.25, 0.3) is 5.91 Å². The summed E-state index contributed by atoms with van der Waals surface area (Å²) in [6, 6.07) is 9.98. The van der Waals surface area contributed by atoms with Gasteiger partial charge in [-0.3, -0.25) is 10.1 Å². The first-order valence-corrected chi connectivity index (χ1v) is 13.3. The normalized spacial score (nSPS) is 21.3. The maximum absolute atomic E-state index is 13.1. The van der Waals surface area contributed by atoms with Gasteiger partial charge in [-0.25, -0.2) is 9.78 Å². The summed E-state index contributed by atoms with van der Waals surface area (Å²) >= 11 is 1.41. The average Bonchev–Trinajstić information content (AvgIpc) is 3.44. The Bertz CT molecular complexity index is 1070. The largest absolute Gasteiger partial charge is 0.444 e. The Morgan fingerprint density at radius 2 is 1.89 bits per heavy atom.